The van der Waals surface area contributed by atoms with Crippen molar-refractivity contribution in [1.82, 2.24) is 9.97 Å². The standard InChI is InChI=1S/C12H13Cl2N5/c1-7(8-2-4-16-5-3-8)17-11-9(13)6-10(14)12(18-11)19-15/h2-7H,15H2,1H3,(H2,17,18,19). The van der Waals surface area contributed by atoms with Crippen molar-refractivity contribution in [3.05, 3.63) is 46.2 Å². The summed E-state index contributed by atoms with van der Waals surface area (Å²) in [7, 11) is 0. The number of pyridine rings is 2. The van der Waals surface area contributed by atoms with Crippen LogP contribution in [0.4, 0.5) is 11.6 Å². The van der Waals surface area contributed by atoms with Crippen LogP contribution in [0.25, 0.3) is 0 Å². The molecular formula is C12H13Cl2N5. The third-order valence-electron chi connectivity index (χ3n) is 2.63. The van der Waals surface area contributed by atoms with Crippen LogP contribution in [0.2, 0.25) is 10.0 Å². The molecule has 0 radical (unpaired) electrons. The predicted octanol–water partition coefficient (Wildman–Crippen LogP) is 3.24. The van der Waals surface area contributed by atoms with Gasteiger partial charge >= 0.3 is 0 Å². The summed E-state index contributed by atoms with van der Waals surface area (Å²) in [6.45, 7) is 2.00. The average molecular weight is 298 g/mol. The predicted molar refractivity (Wildman–Crippen MR) is 78.3 cm³/mol. The van der Waals surface area contributed by atoms with Gasteiger partial charge < -0.3 is 10.7 Å². The maximum atomic E-state index is 6.10. The summed E-state index contributed by atoms with van der Waals surface area (Å²) in [5.74, 6) is 6.22. The zero-order valence-corrected chi connectivity index (χ0v) is 11.7. The van der Waals surface area contributed by atoms with Crippen molar-refractivity contribution in [3.8, 4) is 0 Å². The fourth-order valence-electron chi connectivity index (χ4n) is 1.61. The van der Waals surface area contributed by atoms with E-state index in [1.807, 2.05) is 19.1 Å². The summed E-state index contributed by atoms with van der Waals surface area (Å²) in [5.41, 5.74) is 3.50. The van der Waals surface area contributed by atoms with Crippen LogP contribution >= 0.6 is 23.2 Å². The highest BCUT2D eigenvalue weighted by Gasteiger charge is 2.12. The molecule has 0 aliphatic heterocycles. The lowest BCUT2D eigenvalue weighted by atomic mass is 10.1. The van der Waals surface area contributed by atoms with E-state index >= 15 is 0 Å². The van der Waals surface area contributed by atoms with E-state index < -0.39 is 0 Å². The number of hydrogen-bond acceptors (Lipinski definition) is 5. The summed E-state index contributed by atoms with van der Waals surface area (Å²) in [5, 5.41) is 4.01. The van der Waals surface area contributed by atoms with Crippen LogP contribution in [0.15, 0.2) is 30.6 Å². The molecule has 100 valence electrons. The summed E-state index contributed by atoms with van der Waals surface area (Å²) in [6, 6.07) is 5.46. The molecule has 2 aromatic rings. The zero-order chi connectivity index (χ0) is 13.8. The van der Waals surface area contributed by atoms with Gasteiger partial charge in [-0.05, 0) is 30.7 Å². The number of rotatable bonds is 4. The van der Waals surface area contributed by atoms with Crippen molar-refractivity contribution >= 4 is 34.8 Å². The number of nitrogen functional groups attached to an aromatic ring is 1. The number of hydrazine groups is 1. The fourth-order valence-corrected chi connectivity index (χ4v) is 2.08. The van der Waals surface area contributed by atoms with Gasteiger partial charge in [-0.15, -0.1) is 0 Å². The average Bonchev–Trinajstić information content (AvgIpc) is 2.42. The van der Waals surface area contributed by atoms with E-state index in [2.05, 4.69) is 20.7 Å². The van der Waals surface area contributed by atoms with Gasteiger partial charge in [-0.3, -0.25) is 4.98 Å². The summed E-state index contributed by atoms with van der Waals surface area (Å²) in [6.07, 6.45) is 3.47. The van der Waals surface area contributed by atoms with Crippen LogP contribution in [0.3, 0.4) is 0 Å². The fraction of sp³-hybridized carbons (Fsp3) is 0.167. The van der Waals surface area contributed by atoms with Crippen molar-refractivity contribution < 1.29 is 0 Å². The normalized spacial score (nSPS) is 12.0. The Labute approximate surface area is 121 Å². The molecule has 4 N–H and O–H groups in total. The molecule has 0 saturated heterocycles. The van der Waals surface area contributed by atoms with Gasteiger partial charge in [-0.2, -0.15) is 0 Å². The number of aromatic nitrogens is 2. The van der Waals surface area contributed by atoms with Crippen LogP contribution in [0.1, 0.15) is 18.5 Å². The van der Waals surface area contributed by atoms with E-state index in [1.165, 1.54) is 0 Å². The first-order valence-electron chi connectivity index (χ1n) is 5.61. The van der Waals surface area contributed by atoms with E-state index in [4.69, 9.17) is 29.0 Å². The Hall–Kier alpha value is -1.56. The highest BCUT2D eigenvalue weighted by Crippen LogP contribution is 2.30. The maximum absolute atomic E-state index is 6.10. The topological polar surface area (TPSA) is 75.9 Å². The van der Waals surface area contributed by atoms with E-state index in [-0.39, 0.29) is 6.04 Å². The summed E-state index contributed by atoms with van der Waals surface area (Å²) in [4.78, 5) is 8.21. The van der Waals surface area contributed by atoms with Gasteiger partial charge in [0.2, 0.25) is 0 Å². The Morgan fingerprint density at radius 3 is 2.42 bits per heavy atom. The molecule has 5 nitrogen and oxygen atoms in total. The Morgan fingerprint density at radius 2 is 1.79 bits per heavy atom. The van der Waals surface area contributed by atoms with Crippen LogP contribution < -0.4 is 16.6 Å². The van der Waals surface area contributed by atoms with Crippen LogP contribution in [-0.4, -0.2) is 9.97 Å². The molecular weight excluding hydrogens is 285 g/mol. The lowest BCUT2D eigenvalue weighted by Crippen LogP contribution is -2.13. The number of halogens is 2. The van der Waals surface area contributed by atoms with Crippen molar-refractivity contribution in [2.45, 2.75) is 13.0 Å². The highest BCUT2D eigenvalue weighted by atomic mass is 35.5. The van der Waals surface area contributed by atoms with Crippen LogP contribution in [0, 0.1) is 0 Å². The van der Waals surface area contributed by atoms with E-state index in [0.29, 0.717) is 21.7 Å². The molecule has 0 amide bonds. The molecule has 7 heteroatoms. The molecule has 2 rings (SSSR count). The molecule has 2 aromatic heterocycles. The molecule has 19 heavy (non-hydrogen) atoms. The number of nitrogens with one attached hydrogen (secondary N) is 2. The number of nitrogens with two attached hydrogens (primary N) is 1. The molecule has 1 atom stereocenters. The minimum atomic E-state index is 0.0276. The Kier molecular flexibility index (Phi) is 4.42. The second-order valence-electron chi connectivity index (χ2n) is 3.94. The van der Waals surface area contributed by atoms with Gasteiger partial charge in [0.05, 0.1) is 16.1 Å². The van der Waals surface area contributed by atoms with Gasteiger partial charge in [0, 0.05) is 12.4 Å². The lowest BCUT2D eigenvalue weighted by molar-refractivity contribution is 0.871. The molecule has 0 fully saturated rings. The van der Waals surface area contributed by atoms with E-state index in [1.54, 1.807) is 18.5 Å². The summed E-state index contributed by atoms with van der Waals surface area (Å²) >= 11 is 12.0. The lowest BCUT2D eigenvalue weighted by Gasteiger charge is -2.16. The van der Waals surface area contributed by atoms with Gasteiger partial charge in [-0.1, -0.05) is 23.2 Å². The van der Waals surface area contributed by atoms with Crippen LogP contribution in [0.5, 0.6) is 0 Å². The first-order valence-corrected chi connectivity index (χ1v) is 6.36. The maximum Gasteiger partial charge on any atom is 0.161 e. The first-order chi connectivity index (χ1) is 9.11. The number of anilines is 2. The molecule has 0 spiro atoms. The smallest absolute Gasteiger partial charge is 0.161 e. The van der Waals surface area contributed by atoms with E-state index in [0.717, 1.165) is 5.56 Å². The largest absolute Gasteiger partial charge is 0.362 e. The van der Waals surface area contributed by atoms with Gasteiger partial charge in [0.15, 0.2) is 5.82 Å². The van der Waals surface area contributed by atoms with Crippen molar-refractivity contribution in [3.63, 3.8) is 0 Å². The summed E-state index contributed by atoms with van der Waals surface area (Å²) < 4.78 is 0. The third-order valence-corrected chi connectivity index (χ3v) is 3.20. The second kappa shape index (κ2) is 6.06. The number of nitrogens with zero attached hydrogens (tertiary/aromatic N) is 2. The Morgan fingerprint density at radius 1 is 1.16 bits per heavy atom. The molecule has 0 aliphatic carbocycles. The quantitative estimate of drug-likeness (QED) is 0.597. The minimum absolute atomic E-state index is 0.0276. The minimum Gasteiger partial charge on any atom is -0.362 e. The highest BCUT2D eigenvalue weighted by molar-refractivity contribution is 6.37. The zero-order valence-electron chi connectivity index (χ0n) is 10.2. The molecule has 2 heterocycles. The van der Waals surface area contributed by atoms with Crippen LogP contribution in [-0.2, 0) is 0 Å². The van der Waals surface area contributed by atoms with E-state index in [9.17, 15) is 0 Å². The number of hydrogen-bond donors (Lipinski definition) is 3. The van der Waals surface area contributed by atoms with Crippen molar-refractivity contribution in [1.29, 1.82) is 0 Å². The Balaban J connectivity index is 2.24. The monoisotopic (exact) mass is 297 g/mol. The Bertz CT molecular complexity index is 562. The van der Waals surface area contributed by atoms with Gasteiger partial charge in [-0.25, -0.2) is 10.8 Å². The molecule has 0 bridgehead atoms. The SMILES string of the molecule is CC(Nc1nc(NN)c(Cl)cc1Cl)c1ccncc1. The van der Waals surface area contributed by atoms with Gasteiger partial charge in [0.25, 0.3) is 0 Å². The van der Waals surface area contributed by atoms with Crippen molar-refractivity contribution in [2.75, 3.05) is 10.7 Å². The van der Waals surface area contributed by atoms with Gasteiger partial charge in [0.1, 0.15) is 5.82 Å². The first kappa shape index (κ1) is 13.9. The molecule has 0 saturated carbocycles. The molecule has 0 aromatic carbocycles. The second-order valence-corrected chi connectivity index (χ2v) is 4.75. The third kappa shape index (κ3) is 3.26. The molecule has 1 unspecified atom stereocenters. The molecule has 0 aliphatic rings. The van der Waals surface area contributed by atoms with Crippen molar-refractivity contribution in [2.24, 2.45) is 5.84 Å².